The molecule has 1 heterocycles. The second-order valence-corrected chi connectivity index (χ2v) is 6.74. The van der Waals surface area contributed by atoms with Crippen LogP contribution in [0.3, 0.4) is 0 Å². The lowest BCUT2D eigenvalue weighted by atomic mass is 10.2. The van der Waals surface area contributed by atoms with Crippen molar-refractivity contribution in [2.45, 2.75) is 0 Å². The van der Waals surface area contributed by atoms with E-state index in [1.807, 2.05) is 0 Å². The van der Waals surface area contributed by atoms with Crippen molar-refractivity contribution >= 4 is 52.1 Å². The number of anilines is 3. The maximum Gasteiger partial charge on any atom is 0.291 e. The lowest BCUT2D eigenvalue weighted by Crippen LogP contribution is -2.23. The zero-order chi connectivity index (χ0) is 20.8. The number of methoxy groups -OCH3 is 1. The van der Waals surface area contributed by atoms with E-state index in [0.29, 0.717) is 32.9 Å². The van der Waals surface area contributed by atoms with Gasteiger partial charge in [-0.2, -0.15) is 0 Å². The molecule has 1 aromatic heterocycles. The molecule has 0 bridgehead atoms. The summed E-state index contributed by atoms with van der Waals surface area (Å²) in [6.45, 7) is -0.0685. The van der Waals surface area contributed by atoms with Gasteiger partial charge in [0.2, 0.25) is 5.91 Å². The van der Waals surface area contributed by atoms with Crippen LogP contribution in [0.25, 0.3) is 0 Å². The van der Waals surface area contributed by atoms with Crippen molar-refractivity contribution in [2.75, 3.05) is 29.6 Å². The van der Waals surface area contributed by atoms with E-state index in [9.17, 15) is 9.59 Å². The number of carbonyl (C=O) groups is 2. The molecule has 0 saturated heterocycles. The Morgan fingerprint density at radius 2 is 1.69 bits per heavy atom. The highest BCUT2D eigenvalue weighted by Crippen LogP contribution is 2.28. The van der Waals surface area contributed by atoms with E-state index in [4.69, 9.17) is 32.4 Å². The molecule has 3 aromatic rings. The van der Waals surface area contributed by atoms with Crippen LogP contribution < -0.4 is 20.7 Å². The molecule has 2 amide bonds. The predicted molar refractivity (Wildman–Crippen MR) is 113 cm³/mol. The maximum atomic E-state index is 12.4. The molecule has 29 heavy (non-hydrogen) atoms. The van der Waals surface area contributed by atoms with Gasteiger partial charge in [-0.3, -0.25) is 9.59 Å². The summed E-state index contributed by atoms with van der Waals surface area (Å²) < 4.78 is 10.3. The summed E-state index contributed by atoms with van der Waals surface area (Å²) in [7, 11) is 1.50. The molecule has 2 aromatic carbocycles. The zero-order valence-corrected chi connectivity index (χ0v) is 16.8. The Bertz CT molecular complexity index is 1020. The largest absolute Gasteiger partial charge is 0.495 e. The van der Waals surface area contributed by atoms with Gasteiger partial charge >= 0.3 is 0 Å². The summed E-state index contributed by atoms with van der Waals surface area (Å²) in [6.07, 6.45) is 1.40. The van der Waals surface area contributed by atoms with Crippen LogP contribution >= 0.6 is 23.2 Å². The van der Waals surface area contributed by atoms with Gasteiger partial charge in [0, 0.05) is 10.0 Å². The first kappa shape index (κ1) is 20.6. The smallest absolute Gasteiger partial charge is 0.291 e. The Morgan fingerprint density at radius 3 is 2.38 bits per heavy atom. The fourth-order valence-electron chi connectivity index (χ4n) is 2.51. The number of halogens is 2. The third-order valence-electron chi connectivity index (χ3n) is 3.85. The van der Waals surface area contributed by atoms with Crippen LogP contribution in [0, 0.1) is 0 Å². The molecule has 0 aliphatic rings. The van der Waals surface area contributed by atoms with Crippen molar-refractivity contribution in [3.05, 3.63) is 70.6 Å². The van der Waals surface area contributed by atoms with E-state index < -0.39 is 5.91 Å². The fourth-order valence-corrected chi connectivity index (χ4v) is 2.86. The molecule has 7 nitrogen and oxygen atoms in total. The van der Waals surface area contributed by atoms with Gasteiger partial charge in [-0.05, 0) is 48.5 Å². The highest BCUT2D eigenvalue weighted by molar-refractivity contribution is 6.31. The van der Waals surface area contributed by atoms with Crippen LogP contribution in [0.1, 0.15) is 10.6 Å². The molecule has 150 valence electrons. The van der Waals surface area contributed by atoms with Gasteiger partial charge in [-0.25, -0.2) is 0 Å². The van der Waals surface area contributed by atoms with Crippen molar-refractivity contribution < 1.29 is 18.7 Å². The summed E-state index contributed by atoms with van der Waals surface area (Å²) in [5.74, 6) is -0.125. The Hall–Kier alpha value is -3.16. The quantitative estimate of drug-likeness (QED) is 0.492. The standard InChI is InChI=1S/C20H17Cl2N3O4/c1-28-17-7-5-13(22)10-16(17)24-19(26)11-23-14-6-4-12(21)9-15(14)25-20(27)18-3-2-8-29-18/h2-10,23H,11H2,1H3,(H,24,26)(H,25,27). The summed E-state index contributed by atoms with van der Waals surface area (Å²) in [5.41, 5.74) is 1.38. The average Bonchev–Trinajstić information content (AvgIpc) is 3.22. The monoisotopic (exact) mass is 433 g/mol. The van der Waals surface area contributed by atoms with Crippen molar-refractivity contribution in [1.82, 2.24) is 0 Å². The van der Waals surface area contributed by atoms with Gasteiger partial charge in [0.15, 0.2) is 5.76 Å². The van der Waals surface area contributed by atoms with E-state index in [2.05, 4.69) is 16.0 Å². The van der Waals surface area contributed by atoms with E-state index in [1.54, 1.807) is 48.5 Å². The SMILES string of the molecule is COc1ccc(Cl)cc1NC(=O)CNc1ccc(Cl)cc1NC(=O)c1ccco1. The topological polar surface area (TPSA) is 92.6 Å². The molecule has 3 N–H and O–H groups in total. The molecular weight excluding hydrogens is 417 g/mol. The number of nitrogens with one attached hydrogen (secondary N) is 3. The Labute approximate surface area is 176 Å². The van der Waals surface area contributed by atoms with Crippen molar-refractivity contribution in [2.24, 2.45) is 0 Å². The summed E-state index contributed by atoms with van der Waals surface area (Å²) >= 11 is 12.0. The first-order chi connectivity index (χ1) is 14.0. The number of rotatable bonds is 7. The van der Waals surface area contributed by atoms with Gasteiger partial charge in [-0.1, -0.05) is 23.2 Å². The van der Waals surface area contributed by atoms with E-state index >= 15 is 0 Å². The number of ether oxygens (including phenoxy) is 1. The fraction of sp³-hybridized carbons (Fsp3) is 0.100. The molecule has 0 aliphatic carbocycles. The normalized spacial score (nSPS) is 10.3. The van der Waals surface area contributed by atoms with Gasteiger partial charge in [-0.15, -0.1) is 0 Å². The molecule has 3 rings (SSSR count). The van der Waals surface area contributed by atoms with Gasteiger partial charge in [0.25, 0.3) is 5.91 Å². The number of hydrogen-bond acceptors (Lipinski definition) is 5. The summed E-state index contributed by atoms with van der Waals surface area (Å²) in [6, 6.07) is 12.9. The molecular formula is C20H17Cl2N3O4. The van der Waals surface area contributed by atoms with Crippen molar-refractivity contribution in [3.8, 4) is 5.75 Å². The predicted octanol–water partition coefficient (Wildman–Crippen LogP) is 4.90. The molecule has 0 aliphatic heterocycles. The van der Waals surface area contributed by atoms with Crippen molar-refractivity contribution in [1.29, 1.82) is 0 Å². The molecule has 0 atom stereocenters. The van der Waals surface area contributed by atoms with Crippen LogP contribution in [0.4, 0.5) is 17.1 Å². The molecule has 0 spiro atoms. The van der Waals surface area contributed by atoms with Crippen LogP contribution in [-0.4, -0.2) is 25.5 Å². The number of hydrogen-bond donors (Lipinski definition) is 3. The molecule has 9 heteroatoms. The minimum absolute atomic E-state index is 0.0685. The molecule has 0 radical (unpaired) electrons. The van der Waals surface area contributed by atoms with Crippen LogP contribution in [0.2, 0.25) is 10.0 Å². The van der Waals surface area contributed by atoms with Gasteiger partial charge < -0.3 is 25.1 Å². The van der Waals surface area contributed by atoms with E-state index in [1.165, 1.54) is 13.4 Å². The lowest BCUT2D eigenvalue weighted by molar-refractivity contribution is -0.114. The van der Waals surface area contributed by atoms with Crippen LogP contribution in [0.5, 0.6) is 5.75 Å². The number of furan rings is 1. The third kappa shape index (κ3) is 5.43. The highest BCUT2D eigenvalue weighted by Gasteiger charge is 2.13. The summed E-state index contributed by atoms with van der Waals surface area (Å²) in [4.78, 5) is 24.6. The second kappa shape index (κ2) is 9.36. The Balaban J connectivity index is 1.68. The molecule has 0 saturated carbocycles. The minimum Gasteiger partial charge on any atom is -0.495 e. The van der Waals surface area contributed by atoms with Gasteiger partial charge in [0.1, 0.15) is 5.75 Å². The zero-order valence-electron chi connectivity index (χ0n) is 15.3. The second-order valence-electron chi connectivity index (χ2n) is 5.87. The average molecular weight is 434 g/mol. The molecule has 0 fully saturated rings. The van der Waals surface area contributed by atoms with Gasteiger partial charge in [0.05, 0.1) is 37.0 Å². The first-order valence-electron chi connectivity index (χ1n) is 8.48. The Morgan fingerprint density at radius 1 is 0.966 bits per heavy atom. The number of benzene rings is 2. The summed E-state index contributed by atoms with van der Waals surface area (Å²) in [5, 5.41) is 9.30. The maximum absolute atomic E-state index is 12.4. The number of carbonyl (C=O) groups excluding carboxylic acids is 2. The van der Waals surface area contributed by atoms with Crippen LogP contribution in [-0.2, 0) is 4.79 Å². The first-order valence-corrected chi connectivity index (χ1v) is 9.23. The minimum atomic E-state index is -0.437. The van der Waals surface area contributed by atoms with Crippen molar-refractivity contribution in [3.63, 3.8) is 0 Å². The highest BCUT2D eigenvalue weighted by atomic mass is 35.5. The van der Waals surface area contributed by atoms with E-state index in [0.717, 1.165) is 0 Å². The Kier molecular flexibility index (Phi) is 6.64. The third-order valence-corrected chi connectivity index (χ3v) is 4.32. The lowest BCUT2D eigenvalue weighted by Gasteiger charge is -2.14. The van der Waals surface area contributed by atoms with Crippen LogP contribution in [0.15, 0.2) is 59.2 Å². The van der Waals surface area contributed by atoms with E-state index in [-0.39, 0.29) is 18.2 Å². The number of amides is 2. The molecule has 0 unspecified atom stereocenters.